The maximum atomic E-state index is 13.0. The Morgan fingerprint density at radius 3 is 2.31 bits per heavy atom. The van der Waals surface area contributed by atoms with Crippen LogP contribution in [0.1, 0.15) is 18.1 Å². The first-order valence-electron chi connectivity index (χ1n) is 7.74. The lowest BCUT2D eigenvalue weighted by molar-refractivity contribution is -0.143. The van der Waals surface area contributed by atoms with Crippen LogP contribution in [0.15, 0.2) is 54.9 Å². The van der Waals surface area contributed by atoms with Gasteiger partial charge in [0, 0.05) is 18.9 Å². The smallest absolute Gasteiger partial charge is 0.328 e. The third-order valence-corrected chi connectivity index (χ3v) is 4.38. The molecule has 7 nitrogen and oxygen atoms in total. The van der Waals surface area contributed by atoms with Crippen molar-refractivity contribution >= 4 is 30.3 Å². The molecule has 136 valence electrons. The maximum Gasteiger partial charge on any atom is 0.328 e. The number of imide groups is 1. The van der Waals surface area contributed by atoms with Gasteiger partial charge in [0.1, 0.15) is 12.1 Å². The summed E-state index contributed by atoms with van der Waals surface area (Å²) in [5.74, 6) is -1.79. The average Bonchev–Trinajstić information content (AvgIpc) is 2.79. The Morgan fingerprint density at radius 2 is 1.73 bits per heavy atom. The molecule has 1 aliphatic heterocycles. The quantitative estimate of drug-likeness (QED) is 0.809. The molecule has 1 aliphatic rings. The summed E-state index contributed by atoms with van der Waals surface area (Å²) in [4.78, 5) is 43.0. The van der Waals surface area contributed by atoms with Crippen LogP contribution in [0.25, 0.3) is 0 Å². The van der Waals surface area contributed by atoms with Crippen molar-refractivity contribution in [3.8, 4) is 0 Å². The van der Waals surface area contributed by atoms with Crippen LogP contribution in [0.3, 0.4) is 0 Å². The lowest BCUT2D eigenvalue weighted by atomic mass is 9.90. The normalized spacial score (nSPS) is 19.4. The fourth-order valence-electron chi connectivity index (χ4n) is 3.02. The van der Waals surface area contributed by atoms with E-state index in [0.29, 0.717) is 5.56 Å². The van der Waals surface area contributed by atoms with Gasteiger partial charge in [-0.3, -0.25) is 19.5 Å². The summed E-state index contributed by atoms with van der Waals surface area (Å²) in [5.41, 5.74) is 0.150. The highest BCUT2D eigenvalue weighted by Gasteiger charge is 2.55. The molecular formula is C18H18ClN3O4. The molecule has 1 aromatic carbocycles. The van der Waals surface area contributed by atoms with Gasteiger partial charge in [-0.2, -0.15) is 0 Å². The highest BCUT2D eigenvalue weighted by atomic mass is 35.5. The minimum atomic E-state index is -1.29. The number of aromatic nitrogens is 1. The van der Waals surface area contributed by atoms with Crippen LogP contribution in [-0.4, -0.2) is 44.3 Å². The van der Waals surface area contributed by atoms with Gasteiger partial charge in [-0.1, -0.05) is 30.3 Å². The van der Waals surface area contributed by atoms with E-state index in [4.69, 9.17) is 5.11 Å². The first-order valence-corrected chi connectivity index (χ1v) is 7.74. The molecule has 1 aromatic heterocycles. The monoisotopic (exact) mass is 375 g/mol. The number of carbonyl (C=O) groups excluding carboxylic acids is 2. The number of carboxylic acid groups (broad SMARTS) is 1. The molecule has 3 rings (SSSR count). The number of hydrogen-bond acceptors (Lipinski definition) is 4. The topological polar surface area (TPSA) is 90.8 Å². The Balaban J connectivity index is 0.00000243. The van der Waals surface area contributed by atoms with E-state index in [1.165, 1.54) is 4.90 Å². The van der Waals surface area contributed by atoms with Gasteiger partial charge in [-0.05, 0) is 30.2 Å². The predicted molar refractivity (Wildman–Crippen MR) is 95.6 cm³/mol. The van der Waals surface area contributed by atoms with Crippen molar-refractivity contribution in [2.45, 2.75) is 19.0 Å². The van der Waals surface area contributed by atoms with Gasteiger partial charge in [0.25, 0.3) is 5.91 Å². The summed E-state index contributed by atoms with van der Waals surface area (Å²) < 4.78 is 0. The molecule has 0 saturated carbocycles. The molecule has 1 atom stereocenters. The van der Waals surface area contributed by atoms with Crippen molar-refractivity contribution in [1.82, 2.24) is 14.8 Å². The van der Waals surface area contributed by atoms with Crippen molar-refractivity contribution in [3.63, 3.8) is 0 Å². The molecular weight excluding hydrogens is 358 g/mol. The van der Waals surface area contributed by atoms with E-state index >= 15 is 0 Å². The number of amides is 3. The Labute approximate surface area is 156 Å². The molecule has 0 radical (unpaired) electrons. The van der Waals surface area contributed by atoms with E-state index < -0.39 is 30.0 Å². The van der Waals surface area contributed by atoms with E-state index in [-0.39, 0.29) is 19.0 Å². The van der Waals surface area contributed by atoms with Crippen LogP contribution in [0.5, 0.6) is 0 Å². The van der Waals surface area contributed by atoms with Gasteiger partial charge < -0.3 is 10.0 Å². The number of aliphatic carboxylic acids is 1. The number of hydrogen-bond donors (Lipinski definition) is 1. The summed E-state index contributed by atoms with van der Waals surface area (Å²) in [7, 11) is 0. The fraction of sp³-hybridized carbons (Fsp3) is 0.222. The average molecular weight is 376 g/mol. The van der Waals surface area contributed by atoms with E-state index in [1.54, 1.807) is 31.5 Å². The molecule has 1 fully saturated rings. The van der Waals surface area contributed by atoms with E-state index in [2.05, 4.69) is 4.98 Å². The van der Waals surface area contributed by atoms with Crippen LogP contribution in [0, 0.1) is 0 Å². The van der Waals surface area contributed by atoms with Crippen LogP contribution < -0.4 is 0 Å². The Morgan fingerprint density at radius 1 is 1.12 bits per heavy atom. The van der Waals surface area contributed by atoms with Gasteiger partial charge in [0.2, 0.25) is 0 Å². The van der Waals surface area contributed by atoms with Crippen LogP contribution in [-0.2, 0) is 21.7 Å². The molecule has 26 heavy (non-hydrogen) atoms. The van der Waals surface area contributed by atoms with Crippen molar-refractivity contribution in [2.75, 3.05) is 6.54 Å². The third kappa shape index (κ3) is 3.25. The zero-order valence-corrected chi connectivity index (χ0v) is 14.8. The van der Waals surface area contributed by atoms with Gasteiger partial charge in [-0.15, -0.1) is 12.4 Å². The summed E-state index contributed by atoms with van der Waals surface area (Å²) in [6.45, 7) is 1.16. The number of nitrogens with zero attached hydrogens (tertiary/aromatic N) is 3. The Hall–Kier alpha value is -2.93. The number of pyridine rings is 1. The maximum absolute atomic E-state index is 13.0. The van der Waals surface area contributed by atoms with Crippen LogP contribution >= 0.6 is 12.4 Å². The minimum absolute atomic E-state index is 0. The Kier molecular flexibility index (Phi) is 5.62. The molecule has 1 N–H and O–H groups in total. The van der Waals surface area contributed by atoms with Gasteiger partial charge in [-0.25, -0.2) is 4.79 Å². The fourth-order valence-corrected chi connectivity index (χ4v) is 3.02. The zero-order valence-electron chi connectivity index (χ0n) is 14.0. The lowest BCUT2D eigenvalue weighted by Crippen LogP contribution is -2.44. The number of benzene rings is 1. The third-order valence-electron chi connectivity index (χ3n) is 4.38. The summed E-state index contributed by atoms with van der Waals surface area (Å²) >= 11 is 0. The largest absolute Gasteiger partial charge is 0.480 e. The SMILES string of the molecule is C[C@]1(c2ccncc2)C(=O)N(CC(=O)O)C(=O)N1Cc1ccccc1.Cl. The van der Waals surface area contributed by atoms with Crippen molar-refractivity contribution in [1.29, 1.82) is 0 Å². The van der Waals surface area contributed by atoms with E-state index in [9.17, 15) is 14.4 Å². The first-order chi connectivity index (χ1) is 11.9. The minimum Gasteiger partial charge on any atom is -0.480 e. The summed E-state index contributed by atoms with van der Waals surface area (Å²) in [6, 6.07) is 12.0. The van der Waals surface area contributed by atoms with E-state index in [0.717, 1.165) is 10.5 Å². The molecule has 3 amide bonds. The molecule has 0 bridgehead atoms. The summed E-state index contributed by atoms with van der Waals surface area (Å²) in [6.07, 6.45) is 3.08. The highest BCUT2D eigenvalue weighted by Crippen LogP contribution is 2.38. The number of urea groups is 1. The first kappa shape index (κ1) is 19.4. The van der Waals surface area contributed by atoms with Gasteiger partial charge >= 0.3 is 12.0 Å². The molecule has 0 unspecified atom stereocenters. The second kappa shape index (κ2) is 7.53. The number of halogens is 1. The van der Waals surface area contributed by atoms with Crippen LogP contribution in [0.2, 0.25) is 0 Å². The molecule has 1 saturated heterocycles. The summed E-state index contributed by atoms with van der Waals surface area (Å²) in [5, 5.41) is 9.05. The standard InChI is InChI=1S/C18H17N3O4.ClH/c1-18(14-7-9-19-10-8-14)16(24)20(12-15(22)23)17(25)21(18)11-13-5-3-2-4-6-13;/h2-10H,11-12H2,1H3,(H,22,23);1H/t18-;/m0./s1. The second-order valence-corrected chi connectivity index (χ2v) is 5.95. The van der Waals surface area contributed by atoms with E-state index in [1.807, 2.05) is 30.3 Å². The Bertz CT molecular complexity index is 816. The molecule has 0 spiro atoms. The molecule has 2 aromatic rings. The molecule has 2 heterocycles. The van der Waals surface area contributed by atoms with Crippen LogP contribution in [0.4, 0.5) is 4.79 Å². The van der Waals surface area contributed by atoms with Crippen molar-refractivity contribution < 1.29 is 19.5 Å². The molecule has 8 heteroatoms. The number of carbonyl (C=O) groups is 3. The van der Waals surface area contributed by atoms with Gasteiger partial charge in [0.15, 0.2) is 0 Å². The second-order valence-electron chi connectivity index (χ2n) is 5.95. The lowest BCUT2D eigenvalue weighted by Gasteiger charge is -2.32. The molecule has 0 aliphatic carbocycles. The van der Waals surface area contributed by atoms with Crippen molar-refractivity contribution in [3.05, 3.63) is 66.0 Å². The number of carboxylic acids is 1. The zero-order chi connectivity index (χ0) is 18.0. The van der Waals surface area contributed by atoms with Crippen molar-refractivity contribution in [2.24, 2.45) is 0 Å². The predicted octanol–water partition coefficient (Wildman–Crippen LogP) is 2.27. The highest BCUT2D eigenvalue weighted by molar-refractivity contribution is 6.08. The number of rotatable bonds is 5. The van der Waals surface area contributed by atoms with Gasteiger partial charge in [0.05, 0.1) is 0 Å².